The predicted octanol–water partition coefficient (Wildman–Crippen LogP) is 11.6. The summed E-state index contributed by atoms with van der Waals surface area (Å²) in [5, 5.41) is 6.75. The Morgan fingerprint density at radius 1 is 0.463 bits per heavy atom. The molecule has 11 rings (SSSR count). The molecule has 0 bridgehead atoms. The Balaban J connectivity index is 1.23. The molecule has 258 valence electrons. The van der Waals surface area contributed by atoms with Gasteiger partial charge >= 0.3 is 0 Å². The van der Waals surface area contributed by atoms with Gasteiger partial charge in [0.25, 0.3) is 11.8 Å². The number of fused-ring (bicyclic) bond motifs is 10. The van der Waals surface area contributed by atoms with Crippen molar-refractivity contribution in [2.45, 2.75) is 19.8 Å². The number of rotatable bonds is 6. The van der Waals surface area contributed by atoms with Crippen LogP contribution in [0, 0.1) is 0 Å². The molecule has 0 radical (unpaired) electrons. The van der Waals surface area contributed by atoms with Crippen molar-refractivity contribution >= 4 is 77.2 Å². The fourth-order valence-electron chi connectivity index (χ4n) is 9.08. The highest BCUT2D eigenvalue weighted by molar-refractivity contribution is 6.27. The van der Waals surface area contributed by atoms with Gasteiger partial charge in [-0.05, 0) is 66.1 Å². The maximum Gasteiger partial charge on any atom is 0.263 e. The van der Waals surface area contributed by atoms with Gasteiger partial charge in [-0.3, -0.25) is 14.5 Å². The molecular weight excluding hydrogens is 665 g/mol. The summed E-state index contributed by atoms with van der Waals surface area (Å²) in [6, 6.07) is 50.4. The number of benzene rings is 7. The zero-order valence-electron chi connectivity index (χ0n) is 29.6. The number of imide groups is 1. The average Bonchev–Trinajstić information content (AvgIpc) is 3.94. The lowest BCUT2D eigenvalue weighted by Gasteiger charge is -2.16. The summed E-state index contributed by atoms with van der Waals surface area (Å²) in [4.78, 5) is 34.5. The Morgan fingerprint density at radius 3 is 1.59 bits per heavy atom. The topological polar surface area (TPSA) is 63.0 Å². The van der Waals surface area contributed by atoms with E-state index in [1.54, 1.807) is 0 Å². The molecule has 3 aromatic heterocycles. The molecular formula is C48H34N4O2. The number of unbranched alkanes of at least 4 members (excludes halogenated alkanes) is 1. The number of carbonyl (C=O) groups excluding carboxylic acids is 2. The molecule has 1 aliphatic heterocycles. The second-order valence-electron chi connectivity index (χ2n) is 14.3. The molecule has 6 heteroatoms. The van der Waals surface area contributed by atoms with E-state index in [0.717, 1.165) is 84.3 Å². The van der Waals surface area contributed by atoms with Crippen molar-refractivity contribution < 1.29 is 9.59 Å². The summed E-state index contributed by atoms with van der Waals surface area (Å²) >= 11 is 0. The third kappa shape index (κ3) is 4.10. The first-order valence-corrected chi connectivity index (χ1v) is 18.7. The Kier molecular flexibility index (Phi) is 6.56. The second kappa shape index (κ2) is 11.5. The van der Waals surface area contributed by atoms with Crippen molar-refractivity contribution in [2.75, 3.05) is 6.54 Å². The van der Waals surface area contributed by atoms with Crippen LogP contribution in [0.2, 0.25) is 0 Å². The van der Waals surface area contributed by atoms with Gasteiger partial charge < -0.3 is 14.1 Å². The van der Waals surface area contributed by atoms with Crippen LogP contribution in [0.25, 0.3) is 87.9 Å². The van der Waals surface area contributed by atoms with Crippen LogP contribution in [-0.4, -0.2) is 37.4 Å². The lowest BCUT2D eigenvalue weighted by molar-refractivity contribution is 0.0652. The van der Waals surface area contributed by atoms with Gasteiger partial charge in [-0.1, -0.05) is 110 Å². The third-order valence-corrected chi connectivity index (χ3v) is 11.4. The summed E-state index contributed by atoms with van der Waals surface area (Å²) in [6.07, 6.45) is 1.61. The lowest BCUT2D eigenvalue weighted by Crippen LogP contribution is -2.31. The molecule has 7 aromatic carbocycles. The molecule has 0 atom stereocenters. The van der Waals surface area contributed by atoms with Crippen LogP contribution >= 0.6 is 0 Å². The lowest BCUT2D eigenvalue weighted by atomic mass is 9.95. The van der Waals surface area contributed by atoms with E-state index in [9.17, 15) is 9.59 Å². The Hall–Kier alpha value is -6.92. The maximum absolute atomic E-state index is 14.8. The monoisotopic (exact) mass is 698 g/mol. The number of amides is 2. The fraction of sp³-hybridized carbons (Fsp3) is 0.0833. The van der Waals surface area contributed by atoms with Gasteiger partial charge in [0.2, 0.25) is 0 Å². The van der Waals surface area contributed by atoms with Crippen molar-refractivity contribution in [1.82, 2.24) is 19.0 Å². The highest BCUT2D eigenvalue weighted by Crippen LogP contribution is 2.45. The highest BCUT2D eigenvalue weighted by Gasteiger charge is 2.41. The number of nitrogens with zero attached hydrogens (tertiary/aromatic N) is 3. The third-order valence-electron chi connectivity index (χ3n) is 11.4. The van der Waals surface area contributed by atoms with Crippen LogP contribution in [0.5, 0.6) is 0 Å². The molecule has 4 heterocycles. The van der Waals surface area contributed by atoms with Crippen LogP contribution in [0.4, 0.5) is 0 Å². The van der Waals surface area contributed by atoms with Gasteiger partial charge in [-0.2, -0.15) is 0 Å². The van der Waals surface area contributed by atoms with Gasteiger partial charge in [0, 0.05) is 49.9 Å². The van der Waals surface area contributed by atoms with Crippen molar-refractivity contribution in [3.63, 3.8) is 0 Å². The van der Waals surface area contributed by atoms with E-state index in [-0.39, 0.29) is 11.8 Å². The van der Waals surface area contributed by atoms with Gasteiger partial charge in [0.05, 0.1) is 44.6 Å². The molecule has 0 aliphatic carbocycles. The summed E-state index contributed by atoms with van der Waals surface area (Å²) < 4.78 is 4.36. The number of nitrogens with one attached hydrogen (secondary N) is 1. The Labute approximate surface area is 310 Å². The van der Waals surface area contributed by atoms with Crippen LogP contribution in [0.3, 0.4) is 0 Å². The molecule has 6 nitrogen and oxygen atoms in total. The molecule has 2 amide bonds. The molecule has 0 saturated heterocycles. The Bertz CT molecular complexity index is 3160. The average molecular weight is 699 g/mol. The van der Waals surface area contributed by atoms with Crippen LogP contribution < -0.4 is 0 Å². The number of aromatic amines is 1. The fourth-order valence-corrected chi connectivity index (χ4v) is 9.08. The van der Waals surface area contributed by atoms with Crippen molar-refractivity contribution in [1.29, 1.82) is 0 Å². The van der Waals surface area contributed by atoms with Gasteiger partial charge in [-0.15, -0.1) is 0 Å². The van der Waals surface area contributed by atoms with E-state index >= 15 is 0 Å². The normalized spacial score (nSPS) is 13.2. The first-order valence-electron chi connectivity index (χ1n) is 18.7. The van der Waals surface area contributed by atoms with E-state index in [0.29, 0.717) is 23.4 Å². The molecule has 54 heavy (non-hydrogen) atoms. The zero-order chi connectivity index (χ0) is 36.1. The Morgan fingerprint density at radius 2 is 0.944 bits per heavy atom. The number of hydrogen-bond acceptors (Lipinski definition) is 2. The van der Waals surface area contributed by atoms with Crippen LogP contribution in [0.1, 0.15) is 40.5 Å². The maximum atomic E-state index is 14.8. The number of para-hydroxylation sites is 4. The van der Waals surface area contributed by atoms with Crippen molar-refractivity contribution in [3.05, 3.63) is 157 Å². The quantitative estimate of drug-likeness (QED) is 0.176. The molecule has 1 aliphatic rings. The van der Waals surface area contributed by atoms with Gasteiger partial charge in [0.1, 0.15) is 0 Å². The van der Waals surface area contributed by atoms with E-state index in [4.69, 9.17) is 0 Å². The summed E-state index contributed by atoms with van der Waals surface area (Å²) in [5.41, 5.74) is 10.7. The second-order valence-corrected chi connectivity index (χ2v) is 14.3. The van der Waals surface area contributed by atoms with Crippen LogP contribution in [-0.2, 0) is 0 Å². The number of H-pyrrole nitrogens is 1. The smallest absolute Gasteiger partial charge is 0.263 e. The van der Waals surface area contributed by atoms with E-state index in [1.807, 2.05) is 42.5 Å². The first kappa shape index (κ1) is 30.7. The predicted molar refractivity (Wildman–Crippen MR) is 220 cm³/mol. The van der Waals surface area contributed by atoms with Crippen LogP contribution in [0.15, 0.2) is 146 Å². The number of hydrogen-bond donors (Lipinski definition) is 1. The first-order chi connectivity index (χ1) is 26.6. The summed E-state index contributed by atoms with van der Waals surface area (Å²) in [6.45, 7) is 2.46. The minimum atomic E-state index is -0.244. The molecule has 10 aromatic rings. The van der Waals surface area contributed by atoms with E-state index in [1.165, 1.54) is 15.7 Å². The standard InChI is InChI=1S/C48H34N4O2/c1-2-3-28-50-47(53)45-41(51-37-22-9-5-14-29(37)30-15-6-10-23-38(30)51)26-27-42(46(45)48(50)54)52-39-24-11-7-17-34(39)44-32(19-13-25-40(44)52)31-18-12-21-36-43(31)33-16-4-8-20-35(33)49-36/h4-27,49H,2-3,28H2,1H3. The molecule has 0 saturated carbocycles. The minimum Gasteiger partial charge on any atom is -0.354 e. The molecule has 0 unspecified atom stereocenters. The number of carbonyl (C=O) groups is 2. The highest BCUT2D eigenvalue weighted by atomic mass is 16.2. The summed E-state index contributed by atoms with van der Waals surface area (Å²) in [5.74, 6) is -0.485. The SMILES string of the molecule is CCCCN1C(=O)c2c(-n3c4ccccc4c4ccccc43)ccc(-n3c4ccccc4c4c(-c5cccc6[nH]c7ccccc7c56)cccc43)c2C1=O. The van der Waals surface area contributed by atoms with E-state index in [2.05, 4.69) is 124 Å². The number of aromatic nitrogens is 3. The molecule has 0 fully saturated rings. The zero-order valence-corrected chi connectivity index (χ0v) is 29.6. The molecule has 0 spiro atoms. The van der Waals surface area contributed by atoms with Gasteiger partial charge in [-0.25, -0.2) is 0 Å². The largest absolute Gasteiger partial charge is 0.354 e. The molecule has 1 N–H and O–H groups in total. The van der Waals surface area contributed by atoms with E-state index < -0.39 is 0 Å². The summed E-state index contributed by atoms with van der Waals surface area (Å²) in [7, 11) is 0. The van der Waals surface area contributed by atoms with Crippen molar-refractivity contribution in [2.24, 2.45) is 0 Å². The van der Waals surface area contributed by atoms with Gasteiger partial charge in [0.15, 0.2) is 0 Å². The minimum absolute atomic E-state index is 0.241. The van der Waals surface area contributed by atoms with Crippen molar-refractivity contribution in [3.8, 4) is 22.5 Å².